The molecular weight excluding hydrogens is 284 g/mol. The topological polar surface area (TPSA) is 49.4 Å². The van der Waals surface area contributed by atoms with Crippen LogP contribution in [0.25, 0.3) is 0 Å². The van der Waals surface area contributed by atoms with Crippen LogP contribution in [0.4, 0.5) is 0 Å². The van der Waals surface area contributed by atoms with Gasteiger partial charge in [0, 0.05) is 25.9 Å². The number of sulfone groups is 1. The number of benzene rings is 1. The molecule has 4 nitrogen and oxygen atoms in total. The summed E-state index contributed by atoms with van der Waals surface area (Å²) in [6.07, 6.45) is 5.15. The molecule has 0 saturated carbocycles. The predicted molar refractivity (Wildman–Crippen MR) is 84.0 cm³/mol. The van der Waals surface area contributed by atoms with Gasteiger partial charge in [-0.25, -0.2) is 8.42 Å². The molecule has 0 aliphatic carbocycles. The van der Waals surface area contributed by atoms with Gasteiger partial charge in [-0.3, -0.25) is 4.90 Å². The Bertz CT molecular complexity index is 589. The van der Waals surface area contributed by atoms with E-state index in [-0.39, 0.29) is 0 Å². The second kappa shape index (κ2) is 5.71. The second-order valence-corrected chi connectivity index (χ2v) is 8.67. The van der Waals surface area contributed by atoms with Gasteiger partial charge in [0.25, 0.3) is 0 Å². The van der Waals surface area contributed by atoms with Crippen molar-refractivity contribution < 1.29 is 8.42 Å². The molecule has 2 aliphatic rings. The number of hydrogen-bond donors (Lipinski definition) is 1. The number of nitrogens with zero attached hydrogens (tertiary/aromatic N) is 1. The fourth-order valence-corrected chi connectivity index (χ4v) is 4.32. The summed E-state index contributed by atoms with van der Waals surface area (Å²) in [4.78, 5) is 2.92. The standard InChI is InChI=1S/C16H24N2O2S/c1-21(19,20)15-5-3-14(4-6-15)11-18-10-2-7-16(13-18)8-9-17-12-16/h3-6,17H,2,7-13H2,1H3/t16-/m1/s1. The van der Waals surface area contributed by atoms with Crippen molar-refractivity contribution in [2.24, 2.45) is 5.41 Å². The van der Waals surface area contributed by atoms with Crippen LogP contribution < -0.4 is 5.32 Å². The van der Waals surface area contributed by atoms with Gasteiger partial charge in [0.15, 0.2) is 9.84 Å². The van der Waals surface area contributed by atoms with E-state index in [1.807, 2.05) is 12.1 Å². The van der Waals surface area contributed by atoms with Crippen LogP contribution in [0.5, 0.6) is 0 Å². The van der Waals surface area contributed by atoms with E-state index in [9.17, 15) is 8.42 Å². The highest BCUT2D eigenvalue weighted by Gasteiger charge is 2.37. The molecule has 2 heterocycles. The molecule has 5 heteroatoms. The number of piperidine rings is 1. The molecule has 1 N–H and O–H groups in total. The lowest BCUT2D eigenvalue weighted by Gasteiger charge is -2.40. The summed E-state index contributed by atoms with van der Waals surface area (Å²) in [5.41, 5.74) is 1.68. The largest absolute Gasteiger partial charge is 0.316 e. The van der Waals surface area contributed by atoms with E-state index in [4.69, 9.17) is 0 Å². The molecule has 2 fully saturated rings. The Kier molecular flexibility index (Phi) is 4.08. The Morgan fingerprint density at radius 1 is 1.24 bits per heavy atom. The highest BCUT2D eigenvalue weighted by molar-refractivity contribution is 7.90. The molecule has 0 radical (unpaired) electrons. The van der Waals surface area contributed by atoms with Gasteiger partial charge in [0.2, 0.25) is 0 Å². The van der Waals surface area contributed by atoms with Gasteiger partial charge in [-0.1, -0.05) is 12.1 Å². The maximum absolute atomic E-state index is 11.5. The minimum atomic E-state index is -3.09. The molecule has 1 aromatic rings. The molecule has 116 valence electrons. The van der Waals surface area contributed by atoms with Crippen molar-refractivity contribution in [2.45, 2.75) is 30.7 Å². The van der Waals surface area contributed by atoms with Crippen LogP contribution >= 0.6 is 0 Å². The van der Waals surface area contributed by atoms with E-state index in [1.165, 1.54) is 31.1 Å². The van der Waals surface area contributed by atoms with E-state index in [2.05, 4.69) is 10.2 Å². The molecule has 0 amide bonds. The molecule has 0 bridgehead atoms. The molecule has 1 atom stereocenters. The average molecular weight is 308 g/mol. The van der Waals surface area contributed by atoms with Gasteiger partial charge in [0.05, 0.1) is 4.90 Å². The highest BCUT2D eigenvalue weighted by atomic mass is 32.2. The molecular formula is C16H24N2O2S. The first-order valence-electron chi connectivity index (χ1n) is 7.69. The number of likely N-dealkylation sites (tertiary alicyclic amines) is 1. The average Bonchev–Trinajstić information content (AvgIpc) is 2.86. The molecule has 0 unspecified atom stereocenters. The van der Waals surface area contributed by atoms with E-state index < -0.39 is 9.84 Å². The van der Waals surface area contributed by atoms with Gasteiger partial charge < -0.3 is 5.32 Å². The lowest BCUT2D eigenvalue weighted by atomic mass is 9.79. The minimum Gasteiger partial charge on any atom is -0.316 e. The Hall–Kier alpha value is -0.910. The van der Waals surface area contributed by atoms with Crippen molar-refractivity contribution in [1.29, 1.82) is 0 Å². The third kappa shape index (κ3) is 3.47. The zero-order valence-electron chi connectivity index (χ0n) is 12.6. The third-order valence-corrected chi connectivity index (χ3v) is 5.96. The van der Waals surface area contributed by atoms with Crippen molar-refractivity contribution in [1.82, 2.24) is 10.2 Å². The molecule has 1 spiro atoms. The van der Waals surface area contributed by atoms with Crippen LogP contribution in [0.2, 0.25) is 0 Å². The van der Waals surface area contributed by atoms with Crippen molar-refractivity contribution in [3.8, 4) is 0 Å². The van der Waals surface area contributed by atoms with Gasteiger partial charge in [0.1, 0.15) is 0 Å². The van der Waals surface area contributed by atoms with E-state index in [1.54, 1.807) is 12.1 Å². The van der Waals surface area contributed by atoms with E-state index in [0.717, 1.165) is 32.7 Å². The Balaban J connectivity index is 1.66. The van der Waals surface area contributed by atoms with Crippen LogP contribution in [-0.2, 0) is 16.4 Å². The van der Waals surface area contributed by atoms with Crippen LogP contribution in [0.3, 0.4) is 0 Å². The summed E-state index contributed by atoms with van der Waals surface area (Å²) in [7, 11) is -3.09. The Morgan fingerprint density at radius 3 is 2.62 bits per heavy atom. The summed E-state index contributed by atoms with van der Waals surface area (Å²) in [6, 6.07) is 7.35. The SMILES string of the molecule is CS(=O)(=O)c1ccc(CN2CCC[C@]3(CCNC3)C2)cc1. The number of hydrogen-bond acceptors (Lipinski definition) is 4. The lowest BCUT2D eigenvalue weighted by molar-refractivity contribution is 0.0978. The van der Waals surface area contributed by atoms with Crippen LogP contribution in [0.15, 0.2) is 29.2 Å². The molecule has 1 aromatic carbocycles. The van der Waals surface area contributed by atoms with Gasteiger partial charge in [-0.2, -0.15) is 0 Å². The molecule has 21 heavy (non-hydrogen) atoms. The van der Waals surface area contributed by atoms with Crippen molar-refractivity contribution in [3.05, 3.63) is 29.8 Å². The molecule has 2 aliphatic heterocycles. The zero-order valence-corrected chi connectivity index (χ0v) is 13.5. The first kappa shape index (κ1) is 15.0. The van der Waals surface area contributed by atoms with Gasteiger partial charge >= 0.3 is 0 Å². The summed E-state index contributed by atoms with van der Waals surface area (Å²) in [6.45, 7) is 5.53. The maximum Gasteiger partial charge on any atom is 0.175 e. The highest BCUT2D eigenvalue weighted by Crippen LogP contribution is 2.35. The minimum absolute atomic E-state index is 0.404. The van der Waals surface area contributed by atoms with Crippen LogP contribution in [0, 0.1) is 5.41 Å². The van der Waals surface area contributed by atoms with Crippen LogP contribution in [0.1, 0.15) is 24.8 Å². The third-order valence-electron chi connectivity index (χ3n) is 4.83. The summed E-state index contributed by atoms with van der Waals surface area (Å²) < 4.78 is 23.0. The summed E-state index contributed by atoms with van der Waals surface area (Å²) in [5.74, 6) is 0. The Morgan fingerprint density at radius 2 is 2.00 bits per heavy atom. The fourth-order valence-electron chi connectivity index (χ4n) is 3.69. The number of nitrogens with one attached hydrogen (secondary N) is 1. The molecule has 3 rings (SSSR count). The quantitative estimate of drug-likeness (QED) is 0.923. The first-order valence-corrected chi connectivity index (χ1v) is 9.58. The monoisotopic (exact) mass is 308 g/mol. The normalized spacial score (nSPS) is 27.3. The van der Waals surface area contributed by atoms with Gasteiger partial charge in [-0.05, 0) is 55.5 Å². The lowest BCUT2D eigenvalue weighted by Crippen LogP contribution is -2.43. The summed E-state index contributed by atoms with van der Waals surface area (Å²) in [5, 5.41) is 3.50. The van der Waals surface area contributed by atoms with Gasteiger partial charge in [-0.15, -0.1) is 0 Å². The van der Waals surface area contributed by atoms with Crippen molar-refractivity contribution in [2.75, 3.05) is 32.4 Å². The van der Waals surface area contributed by atoms with E-state index >= 15 is 0 Å². The molecule has 2 saturated heterocycles. The fraction of sp³-hybridized carbons (Fsp3) is 0.625. The maximum atomic E-state index is 11.5. The van der Waals surface area contributed by atoms with Crippen LogP contribution in [-0.4, -0.2) is 45.8 Å². The van der Waals surface area contributed by atoms with E-state index in [0.29, 0.717) is 10.3 Å². The zero-order chi connectivity index (χ0) is 14.9. The predicted octanol–water partition coefficient (Wildman–Crippen LogP) is 1.67. The summed E-state index contributed by atoms with van der Waals surface area (Å²) >= 11 is 0. The molecule has 0 aromatic heterocycles. The Labute approximate surface area is 127 Å². The first-order chi connectivity index (χ1) is 9.97. The number of rotatable bonds is 3. The van der Waals surface area contributed by atoms with Crippen molar-refractivity contribution >= 4 is 9.84 Å². The van der Waals surface area contributed by atoms with Crippen molar-refractivity contribution in [3.63, 3.8) is 0 Å². The smallest absolute Gasteiger partial charge is 0.175 e. The second-order valence-electron chi connectivity index (χ2n) is 6.66.